The molecule has 0 spiro atoms. The second-order valence-electron chi connectivity index (χ2n) is 5.67. The van der Waals surface area contributed by atoms with Gasteiger partial charge in [-0.05, 0) is 42.8 Å². The van der Waals surface area contributed by atoms with Crippen molar-refractivity contribution in [2.24, 2.45) is 0 Å². The number of aryl methyl sites for hydroxylation is 1. The number of nitrogens with zero attached hydrogens (tertiary/aromatic N) is 2. The van der Waals surface area contributed by atoms with Crippen molar-refractivity contribution >= 4 is 28.5 Å². The standard InChI is InChI=1S/C19H20N4O3/c1-12-21-17-9-6-14(23-19(24)26-3)10-16(17)18(22-12)20-11-13-4-7-15(25-2)8-5-13/h4-10H,11H2,1-3H3,(H,23,24)(H,20,21,22). The number of ether oxygens (including phenoxy) is 2. The van der Waals surface area contributed by atoms with E-state index >= 15 is 0 Å². The first-order valence-electron chi connectivity index (χ1n) is 8.09. The van der Waals surface area contributed by atoms with Crippen LogP contribution >= 0.6 is 0 Å². The Morgan fingerprint density at radius 1 is 1.08 bits per heavy atom. The summed E-state index contributed by atoms with van der Waals surface area (Å²) < 4.78 is 9.81. The number of carbonyl (C=O) groups is 1. The van der Waals surface area contributed by atoms with Gasteiger partial charge < -0.3 is 14.8 Å². The summed E-state index contributed by atoms with van der Waals surface area (Å²) in [5.74, 6) is 2.19. The highest BCUT2D eigenvalue weighted by molar-refractivity contribution is 5.94. The summed E-state index contributed by atoms with van der Waals surface area (Å²) in [7, 11) is 2.97. The molecule has 1 aromatic heterocycles. The molecular weight excluding hydrogens is 332 g/mol. The van der Waals surface area contributed by atoms with E-state index in [1.807, 2.05) is 43.3 Å². The van der Waals surface area contributed by atoms with Gasteiger partial charge in [-0.2, -0.15) is 0 Å². The van der Waals surface area contributed by atoms with E-state index < -0.39 is 6.09 Å². The molecule has 3 rings (SSSR count). The Bertz CT molecular complexity index is 926. The number of carbonyl (C=O) groups excluding carboxylic acids is 1. The molecule has 0 bridgehead atoms. The number of amides is 1. The first-order chi connectivity index (χ1) is 12.6. The SMILES string of the molecule is COC(=O)Nc1ccc2nc(C)nc(NCc3ccc(OC)cc3)c2c1. The predicted octanol–water partition coefficient (Wildman–Crippen LogP) is 3.74. The van der Waals surface area contributed by atoms with Crippen LogP contribution in [0.25, 0.3) is 10.9 Å². The van der Waals surface area contributed by atoms with E-state index in [1.165, 1.54) is 7.11 Å². The van der Waals surface area contributed by atoms with Crippen LogP contribution in [0.1, 0.15) is 11.4 Å². The Labute approximate surface area is 151 Å². The molecule has 0 atom stereocenters. The molecule has 1 amide bonds. The lowest BCUT2D eigenvalue weighted by Gasteiger charge is -2.12. The molecule has 7 heteroatoms. The van der Waals surface area contributed by atoms with Crippen LogP contribution < -0.4 is 15.4 Å². The highest BCUT2D eigenvalue weighted by Gasteiger charge is 2.09. The van der Waals surface area contributed by atoms with E-state index in [-0.39, 0.29) is 0 Å². The molecule has 0 unspecified atom stereocenters. The van der Waals surface area contributed by atoms with E-state index in [2.05, 4.69) is 25.3 Å². The topological polar surface area (TPSA) is 85.4 Å². The van der Waals surface area contributed by atoms with Gasteiger partial charge in [0, 0.05) is 17.6 Å². The molecule has 134 valence electrons. The summed E-state index contributed by atoms with van der Waals surface area (Å²) >= 11 is 0. The van der Waals surface area contributed by atoms with Gasteiger partial charge in [-0.15, -0.1) is 0 Å². The maximum Gasteiger partial charge on any atom is 0.411 e. The molecule has 1 heterocycles. The molecular formula is C19H20N4O3. The van der Waals surface area contributed by atoms with Crippen LogP contribution in [-0.2, 0) is 11.3 Å². The van der Waals surface area contributed by atoms with Crippen LogP contribution in [0, 0.1) is 6.92 Å². The number of methoxy groups -OCH3 is 2. The van der Waals surface area contributed by atoms with E-state index in [1.54, 1.807) is 13.2 Å². The summed E-state index contributed by atoms with van der Waals surface area (Å²) in [6.07, 6.45) is -0.523. The lowest BCUT2D eigenvalue weighted by atomic mass is 10.2. The maximum atomic E-state index is 11.4. The minimum absolute atomic E-state index is 0.523. The first-order valence-corrected chi connectivity index (χ1v) is 8.09. The molecule has 0 saturated heterocycles. The van der Waals surface area contributed by atoms with Crippen molar-refractivity contribution in [2.75, 3.05) is 24.9 Å². The second-order valence-corrected chi connectivity index (χ2v) is 5.67. The number of rotatable bonds is 5. The molecule has 26 heavy (non-hydrogen) atoms. The zero-order chi connectivity index (χ0) is 18.5. The molecule has 7 nitrogen and oxygen atoms in total. The average Bonchev–Trinajstić information content (AvgIpc) is 2.66. The predicted molar refractivity (Wildman–Crippen MR) is 101 cm³/mol. The van der Waals surface area contributed by atoms with Crippen LogP contribution in [0.4, 0.5) is 16.3 Å². The highest BCUT2D eigenvalue weighted by atomic mass is 16.5. The Balaban J connectivity index is 1.87. The van der Waals surface area contributed by atoms with Crippen LogP contribution in [0.15, 0.2) is 42.5 Å². The van der Waals surface area contributed by atoms with Crippen molar-refractivity contribution in [1.82, 2.24) is 9.97 Å². The van der Waals surface area contributed by atoms with E-state index in [0.29, 0.717) is 23.9 Å². The van der Waals surface area contributed by atoms with Crippen molar-refractivity contribution < 1.29 is 14.3 Å². The zero-order valence-corrected chi connectivity index (χ0v) is 14.9. The summed E-state index contributed by atoms with van der Waals surface area (Å²) in [6, 6.07) is 13.3. The monoisotopic (exact) mass is 352 g/mol. The number of aromatic nitrogens is 2. The van der Waals surface area contributed by atoms with Gasteiger partial charge in [-0.3, -0.25) is 5.32 Å². The number of hydrogen-bond acceptors (Lipinski definition) is 6. The van der Waals surface area contributed by atoms with Gasteiger partial charge in [0.15, 0.2) is 0 Å². The van der Waals surface area contributed by atoms with Crippen molar-refractivity contribution in [2.45, 2.75) is 13.5 Å². The van der Waals surface area contributed by atoms with Crippen molar-refractivity contribution in [3.05, 3.63) is 53.9 Å². The highest BCUT2D eigenvalue weighted by Crippen LogP contribution is 2.25. The summed E-state index contributed by atoms with van der Waals surface area (Å²) in [5.41, 5.74) is 2.51. The molecule has 2 N–H and O–H groups in total. The molecule has 0 aliphatic carbocycles. The zero-order valence-electron chi connectivity index (χ0n) is 14.9. The van der Waals surface area contributed by atoms with Crippen LogP contribution in [0.3, 0.4) is 0 Å². The fourth-order valence-electron chi connectivity index (χ4n) is 2.56. The average molecular weight is 352 g/mol. The quantitative estimate of drug-likeness (QED) is 0.728. The third-order valence-corrected chi connectivity index (χ3v) is 3.86. The van der Waals surface area contributed by atoms with Gasteiger partial charge in [-0.1, -0.05) is 12.1 Å². The Kier molecular flexibility index (Phi) is 5.17. The van der Waals surface area contributed by atoms with Crippen LogP contribution in [-0.4, -0.2) is 30.3 Å². The van der Waals surface area contributed by atoms with Crippen LogP contribution in [0.2, 0.25) is 0 Å². The van der Waals surface area contributed by atoms with E-state index in [9.17, 15) is 4.79 Å². The van der Waals surface area contributed by atoms with E-state index in [0.717, 1.165) is 22.2 Å². The first kappa shape index (κ1) is 17.5. The summed E-state index contributed by atoms with van der Waals surface area (Å²) in [6.45, 7) is 2.45. The molecule has 0 fully saturated rings. The normalized spacial score (nSPS) is 10.4. The van der Waals surface area contributed by atoms with E-state index in [4.69, 9.17) is 4.74 Å². The number of nitrogens with one attached hydrogen (secondary N) is 2. The Hall–Kier alpha value is -3.35. The van der Waals surface area contributed by atoms with Gasteiger partial charge in [0.05, 0.1) is 19.7 Å². The smallest absolute Gasteiger partial charge is 0.411 e. The van der Waals surface area contributed by atoms with Gasteiger partial charge in [0.1, 0.15) is 17.4 Å². The molecule has 0 aliphatic rings. The number of hydrogen-bond donors (Lipinski definition) is 2. The minimum Gasteiger partial charge on any atom is -0.497 e. The van der Waals surface area contributed by atoms with Gasteiger partial charge in [0.2, 0.25) is 0 Å². The third kappa shape index (κ3) is 4.00. The number of benzene rings is 2. The molecule has 2 aromatic carbocycles. The second kappa shape index (κ2) is 7.69. The fourth-order valence-corrected chi connectivity index (χ4v) is 2.56. The lowest BCUT2D eigenvalue weighted by molar-refractivity contribution is 0.187. The number of anilines is 2. The Morgan fingerprint density at radius 3 is 2.54 bits per heavy atom. The summed E-state index contributed by atoms with van der Waals surface area (Å²) in [4.78, 5) is 20.4. The molecule has 0 saturated carbocycles. The molecule has 3 aromatic rings. The third-order valence-electron chi connectivity index (χ3n) is 3.86. The lowest BCUT2D eigenvalue weighted by Crippen LogP contribution is -2.11. The van der Waals surface area contributed by atoms with Gasteiger partial charge in [-0.25, -0.2) is 14.8 Å². The van der Waals surface area contributed by atoms with Gasteiger partial charge >= 0.3 is 6.09 Å². The van der Waals surface area contributed by atoms with Crippen molar-refractivity contribution in [3.63, 3.8) is 0 Å². The maximum absolute atomic E-state index is 11.4. The van der Waals surface area contributed by atoms with Crippen LogP contribution in [0.5, 0.6) is 5.75 Å². The van der Waals surface area contributed by atoms with Gasteiger partial charge in [0.25, 0.3) is 0 Å². The van der Waals surface area contributed by atoms with Crippen molar-refractivity contribution in [1.29, 1.82) is 0 Å². The summed E-state index contributed by atoms with van der Waals surface area (Å²) in [5, 5.41) is 6.81. The molecule has 0 radical (unpaired) electrons. The van der Waals surface area contributed by atoms with Crippen molar-refractivity contribution in [3.8, 4) is 5.75 Å². The number of fused-ring (bicyclic) bond motifs is 1. The fraction of sp³-hybridized carbons (Fsp3) is 0.211. The largest absolute Gasteiger partial charge is 0.497 e. The molecule has 0 aliphatic heterocycles. The Morgan fingerprint density at radius 2 is 1.85 bits per heavy atom. The minimum atomic E-state index is -0.523.